The molecule has 0 atom stereocenters. The van der Waals surface area contributed by atoms with Crippen LogP contribution in [0.1, 0.15) is 57.6 Å². The van der Waals surface area contributed by atoms with Crippen molar-refractivity contribution in [3.05, 3.63) is 35.4 Å². The van der Waals surface area contributed by atoms with Crippen LogP contribution in [0.25, 0.3) is 0 Å². The molecule has 1 aliphatic carbocycles. The van der Waals surface area contributed by atoms with E-state index in [9.17, 15) is 0 Å². The molecule has 1 aliphatic rings. The van der Waals surface area contributed by atoms with E-state index in [0.29, 0.717) is 0 Å². The Kier molecular flexibility index (Phi) is 5.22. The molecule has 1 aromatic carbocycles. The topological polar surface area (TPSA) is 15.3 Å². The standard InChI is InChI=1S/C18H30N2/c1-18(2,3)19-13-15-9-5-6-10-16(15)14-20(4)17-11-7-8-12-17/h5-6,9-10,17,19H,7-8,11-14H2,1-4H3. The monoisotopic (exact) mass is 274 g/mol. The van der Waals surface area contributed by atoms with Gasteiger partial charge in [-0.05, 0) is 51.8 Å². The average Bonchev–Trinajstić information content (AvgIpc) is 2.90. The summed E-state index contributed by atoms with van der Waals surface area (Å²) < 4.78 is 0. The predicted molar refractivity (Wildman–Crippen MR) is 86.8 cm³/mol. The molecule has 112 valence electrons. The second-order valence-electron chi connectivity index (χ2n) is 7.23. The molecular formula is C18H30N2. The van der Waals surface area contributed by atoms with Gasteiger partial charge in [0.1, 0.15) is 0 Å². The van der Waals surface area contributed by atoms with Gasteiger partial charge >= 0.3 is 0 Å². The number of rotatable bonds is 5. The van der Waals surface area contributed by atoms with Gasteiger partial charge in [0.05, 0.1) is 0 Å². The zero-order chi connectivity index (χ0) is 14.6. The predicted octanol–water partition coefficient (Wildman–Crippen LogP) is 3.95. The van der Waals surface area contributed by atoms with Crippen LogP contribution < -0.4 is 5.32 Å². The quantitative estimate of drug-likeness (QED) is 0.874. The average molecular weight is 274 g/mol. The largest absolute Gasteiger partial charge is 0.308 e. The second-order valence-corrected chi connectivity index (χ2v) is 7.23. The number of benzene rings is 1. The van der Waals surface area contributed by atoms with Crippen LogP contribution in [0.2, 0.25) is 0 Å². The lowest BCUT2D eigenvalue weighted by atomic mass is 10.0. The van der Waals surface area contributed by atoms with Crippen molar-refractivity contribution in [2.45, 2.75) is 71.1 Å². The Labute approximate surface area is 124 Å². The minimum absolute atomic E-state index is 0.171. The molecule has 0 bridgehead atoms. The Morgan fingerprint density at radius 2 is 1.70 bits per heavy atom. The fourth-order valence-corrected chi connectivity index (χ4v) is 2.99. The van der Waals surface area contributed by atoms with E-state index in [1.165, 1.54) is 36.8 Å². The van der Waals surface area contributed by atoms with E-state index in [1.807, 2.05) is 0 Å². The maximum absolute atomic E-state index is 3.60. The number of nitrogens with one attached hydrogen (secondary N) is 1. The molecule has 0 radical (unpaired) electrons. The van der Waals surface area contributed by atoms with Gasteiger partial charge < -0.3 is 5.32 Å². The van der Waals surface area contributed by atoms with Crippen LogP contribution in [0.15, 0.2) is 24.3 Å². The lowest BCUT2D eigenvalue weighted by Gasteiger charge is -2.26. The fraction of sp³-hybridized carbons (Fsp3) is 0.667. The molecule has 0 spiro atoms. The zero-order valence-corrected chi connectivity index (χ0v) is 13.6. The smallest absolute Gasteiger partial charge is 0.0236 e. The third-order valence-corrected chi connectivity index (χ3v) is 4.30. The Balaban J connectivity index is 1.99. The first-order valence-electron chi connectivity index (χ1n) is 7.98. The van der Waals surface area contributed by atoms with Crippen molar-refractivity contribution in [2.24, 2.45) is 0 Å². The Morgan fingerprint density at radius 3 is 2.30 bits per heavy atom. The molecule has 2 rings (SSSR count). The first-order chi connectivity index (χ1) is 9.46. The Morgan fingerprint density at radius 1 is 1.10 bits per heavy atom. The Bertz CT molecular complexity index is 414. The van der Waals surface area contributed by atoms with Gasteiger partial charge in [0, 0.05) is 24.7 Å². The summed E-state index contributed by atoms with van der Waals surface area (Å²) >= 11 is 0. The van der Waals surface area contributed by atoms with Crippen LogP contribution >= 0.6 is 0 Å². The van der Waals surface area contributed by atoms with Crippen LogP contribution in [-0.2, 0) is 13.1 Å². The maximum Gasteiger partial charge on any atom is 0.0236 e. The fourth-order valence-electron chi connectivity index (χ4n) is 2.99. The minimum Gasteiger partial charge on any atom is -0.308 e. The van der Waals surface area contributed by atoms with Crippen LogP contribution in [0.5, 0.6) is 0 Å². The molecule has 20 heavy (non-hydrogen) atoms. The minimum atomic E-state index is 0.171. The summed E-state index contributed by atoms with van der Waals surface area (Å²) in [6.07, 6.45) is 5.56. The normalized spacial score (nSPS) is 17.1. The van der Waals surface area contributed by atoms with Crippen molar-refractivity contribution in [3.63, 3.8) is 0 Å². The summed E-state index contributed by atoms with van der Waals surface area (Å²) in [6.45, 7) is 8.70. The lowest BCUT2D eigenvalue weighted by Crippen LogP contribution is -2.35. The summed E-state index contributed by atoms with van der Waals surface area (Å²) in [4.78, 5) is 2.54. The second kappa shape index (κ2) is 6.73. The molecule has 0 aromatic heterocycles. The van der Waals surface area contributed by atoms with Crippen molar-refractivity contribution in [1.29, 1.82) is 0 Å². The van der Waals surface area contributed by atoms with Crippen molar-refractivity contribution in [3.8, 4) is 0 Å². The maximum atomic E-state index is 3.60. The third-order valence-electron chi connectivity index (χ3n) is 4.30. The van der Waals surface area contributed by atoms with E-state index in [2.05, 4.69) is 62.3 Å². The van der Waals surface area contributed by atoms with Gasteiger partial charge in [-0.15, -0.1) is 0 Å². The molecule has 0 saturated heterocycles. The molecule has 2 heteroatoms. The first-order valence-corrected chi connectivity index (χ1v) is 7.98. The van der Waals surface area contributed by atoms with Gasteiger partial charge in [-0.3, -0.25) is 4.90 Å². The summed E-state index contributed by atoms with van der Waals surface area (Å²) in [6, 6.07) is 9.65. The number of hydrogen-bond acceptors (Lipinski definition) is 2. The molecule has 1 N–H and O–H groups in total. The highest BCUT2D eigenvalue weighted by atomic mass is 15.1. The van der Waals surface area contributed by atoms with Gasteiger partial charge in [-0.2, -0.15) is 0 Å². The van der Waals surface area contributed by atoms with Crippen molar-refractivity contribution >= 4 is 0 Å². The van der Waals surface area contributed by atoms with Gasteiger partial charge in [-0.25, -0.2) is 0 Å². The van der Waals surface area contributed by atoms with Crippen molar-refractivity contribution < 1.29 is 0 Å². The van der Waals surface area contributed by atoms with E-state index >= 15 is 0 Å². The van der Waals surface area contributed by atoms with E-state index in [0.717, 1.165) is 19.1 Å². The molecule has 1 saturated carbocycles. The summed E-state index contributed by atoms with van der Waals surface area (Å²) in [5.74, 6) is 0. The zero-order valence-electron chi connectivity index (χ0n) is 13.6. The van der Waals surface area contributed by atoms with Gasteiger partial charge in [0.15, 0.2) is 0 Å². The summed E-state index contributed by atoms with van der Waals surface area (Å²) in [5.41, 5.74) is 3.08. The summed E-state index contributed by atoms with van der Waals surface area (Å²) in [5, 5.41) is 3.60. The van der Waals surface area contributed by atoms with Crippen LogP contribution in [0, 0.1) is 0 Å². The molecule has 1 fully saturated rings. The van der Waals surface area contributed by atoms with Gasteiger partial charge in [-0.1, -0.05) is 37.1 Å². The van der Waals surface area contributed by atoms with E-state index in [4.69, 9.17) is 0 Å². The van der Waals surface area contributed by atoms with Gasteiger partial charge in [0.25, 0.3) is 0 Å². The molecule has 1 aromatic rings. The SMILES string of the molecule is CN(Cc1ccccc1CNC(C)(C)C)C1CCCC1. The van der Waals surface area contributed by atoms with E-state index in [-0.39, 0.29) is 5.54 Å². The van der Waals surface area contributed by atoms with Crippen LogP contribution in [0.3, 0.4) is 0 Å². The molecule has 2 nitrogen and oxygen atoms in total. The Hall–Kier alpha value is -0.860. The molecule has 0 heterocycles. The number of nitrogens with zero attached hydrogens (tertiary/aromatic N) is 1. The van der Waals surface area contributed by atoms with Gasteiger partial charge in [0.2, 0.25) is 0 Å². The third kappa shape index (κ3) is 4.60. The van der Waals surface area contributed by atoms with Crippen LogP contribution in [0.4, 0.5) is 0 Å². The first kappa shape index (κ1) is 15.5. The highest BCUT2D eigenvalue weighted by Gasteiger charge is 2.20. The van der Waals surface area contributed by atoms with E-state index in [1.54, 1.807) is 0 Å². The highest BCUT2D eigenvalue weighted by molar-refractivity contribution is 5.27. The van der Waals surface area contributed by atoms with Crippen molar-refractivity contribution in [1.82, 2.24) is 10.2 Å². The lowest BCUT2D eigenvalue weighted by molar-refractivity contribution is 0.236. The van der Waals surface area contributed by atoms with E-state index < -0.39 is 0 Å². The summed E-state index contributed by atoms with van der Waals surface area (Å²) in [7, 11) is 2.28. The van der Waals surface area contributed by atoms with Crippen LogP contribution in [-0.4, -0.2) is 23.5 Å². The molecular weight excluding hydrogens is 244 g/mol. The van der Waals surface area contributed by atoms with Crippen molar-refractivity contribution in [2.75, 3.05) is 7.05 Å². The molecule has 0 amide bonds. The highest BCUT2D eigenvalue weighted by Crippen LogP contribution is 2.24. The number of hydrogen-bond donors (Lipinski definition) is 1. The molecule has 0 aliphatic heterocycles. The molecule has 0 unspecified atom stereocenters.